The van der Waals surface area contributed by atoms with Crippen molar-refractivity contribution in [3.63, 3.8) is 0 Å². The first-order valence-corrected chi connectivity index (χ1v) is 12.6. The Morgan fingerprint density at radius 1 is 0.370 bits per heavy atom. The summed E-state index contributed by atoms with van der Waals surface area (Å²) >= 11 is 0. The maximum atomic E-state index is 5.78. The van der Waals surface area contributed by atoms with E-state index in [-0.39, 0.29) is 0 Å². The molecule has 0 unspecified atom stereocenters. The number of hydrogen-bond donors (Lipinski definition) is 1. The molecule has 0 amide bonds. The highest BCUT2D eigenvalue weighted by atomic mass is 16.5. The van der Waals surface area contributed by atoms with Gasteiger partial charge in [0.05, 0.1) is 0 Å². The van der Waals surface area contributed by atoms with Gasteiger partial charge in [-0.3, -0.25) is 0 Å². The molecule has 0 fully saturated rings. The molecule has 0 aromatic carbocycles. The van der Waals surface area contributed by atoms with Gasteiger partial charge in [0.2, 0.25) is 0 Å². The second-order valence-electron chi connectivity index (χ2n) is 7.98. The Labute approximate surface area is 173 Å². The highest BCUT2D eigenvalue weighted by Gasteiger charge is 1.95. The van der Waals surface area contributed by atoms with Crippen molar-refractivity contribution in [3.05, 3.63) is 0 Å². The lowest BCUT2D eigenvalue weighted by molar-refractivity contribution is 0.125. The summed E-state index contributed by atoms with van der Waals surface area (Å²) in [6.07, 6.45) is 28.2. The number of rotatable bonds is 22. The Morgan fingerprint density at radius 3 is 0.852 bits per heavy atom. The second-order valence-corrected chi connectivity index (χ2v) is 7.98. The molecule has 0 aromatic heterocycles. The Morgan fingerprint density at radius 2 is 0.593 bits per heavy atom. The van der Waals surface area contributed by atoms with Crippen LogP contribution in [0.2, 0.25) is 0 Å². The molecule has 0 atom stereocenters. The van der Waals surface area contributed by atoms with Crippen LogP contribution in [0.4, 0.5) is 0 Å². The molecule has 0 heterocycles. The van der Waals surface area contributed by atoms with E-state index in [0.29, 0.717) is 0 Å². The van der Waals surface area contributed by atoms with Crippen LogP contribution in [0.1, 0.15) is 142 Å². The van der Waals surface area contributed by atoms with Crippen LogP contribution in [-0.2, 0) is 4.74 Å². The zero-order valence-corrected chi connectivity index (χ0v) is 19.5. The van der Waals surface area contributed by atoms with Gasteiger partial charge in [-0.2, -0.15) is 0 Å². The van der Waals surface area contributed by atoms with Gasteiger partial charge in [0.1, 0.15) is 0 Å². The fourth-order valence-corrected chi connectivity index (χ4v) is 3.49. The summed E-state index contributed by atoms with van der Waals surface area (Å²) in [5, 5.41) is 0. The molecule has 0 aliphatic heterocycles. The Bertz CT molecular complexity index is 198. The van der Waals surface area contributed by atoms with Crippen molar-refractivity contribution < 1.29 is 4.74 Å². The monoisotopic (exact) mass is 385 g/mol. The third-order valence-corrected chi connectivity index (χ3v) is 5.28. The average Bonchev–Trinajstić information content (AvgIpc) is 2.70. The molecule has 0 bridgehead atoms. The van der Waals surface area contributed by atoms with E-state index >= 15 is 0 Å². The molecule has 27 heavy (non-hydrogen) atoms. The van der Waals surface area contributed by atoms with Crippen molar-refractivity contribution in [2.24, 2.45) is 5.73 Å². The molecule has 2 N–H and O–H groups in total. The van der Waals surface area contributed by atoms with E-state index in [2.05, 4.69) is 19.6 Å². The molecule has 0 aromatic rings. The van der Waals surface area contributed by atoms with Crippen LogP contribution in [0.25, 0.3) is 0 Å². The SMILES string of the molecule is CCCCCCCCCCCCOCCCCCCCCCCCC.CN. The number of hydrogen-bond acceptors (Lipinski definition) is 2. The maximum Gasteiger partial charge on any atom is 0.0466 e. The van der Waals surface area contributed by atoms with E-state index in [1.54, 1.807) is 0 Å². The van der Waals surface area contributed by atoms with Crippen LogP contribution in [0.5, 0.6) is 0 Å². The van der Waals surface area contributed by atoms with Gasteiger partial charge in [-0.25, -0.2) is 0 Å². The number of unbranched alkanes of at least 4 members (excludes halogenated alkanes) is 18. The predicted octanol–water partition coefficient (Wildman–Crippen LogP) is 8.42. The van der Waals surface area contributed by atoms with E-state index < -0.39 is 0 Å². The first-order chi connectivity index (χ1) is 13.4. The third kappa shape index (κ3) is 30.9. The fourth-order valence-electron chi connectivity index (χ4n) is 3.49. The summed E-state index contributed by atoms with van der Waals surface area (Å²) in [4.78, 5) is 0. The standard InChI is InChI=1S/C24H50O.CH5N/c1-3-5-7-9-11-13-15-17-19-21-23-25-24-22-20-18-16-14-12-10-8-6-4-2;1-2/h3-24H2,1-2H3;2H2,1H3. The lowest BCUT2D eigenvalue weighted by Crippen LogP contribution is -1.97. The second kappa shape index (κ2) is 30.6. The van der Waals surface area contributed by atoms with Crippen LogP contribution in [-0.4, -0.2) is 20.3 Å². The molecule has 0 aliphatic carbocycles. The molecule has 0 spiro atoms. The van der Waals surface area contributed by atoms with Crippen molar-refractivity contribution in [1.82, 2.24) is 0 Å². The third-order valence-electron chi connectivity index (χ3n) is 5.28. The summed E-state index contributed by atoms with van der Waals surface area (Å²) in [6, 6.07) is 0. The van der Waals surface area contributed by atoms with Gasteiger partial charge in [-0.1, -0.05) is 129 Å². The molecular formula is C25H55NO. The summed E-state index contributed by atoms with van der Waals surface area (Å²) in [5.41, 5.74) is 4.50. The van der Waals surface area contributed by atoms with Crippen molar-refractivity contribution in [1.29, 1.82) is 0 Å². The lowest BCUT2D eigenvalue weighted by Gasteiger charge is -2.05. The molecule has 166 valence electrons. The van der Waals surface area contributed by atoms with Crippen molar-refractivity contribution in [2.75, 3.05) is 20.3 Å². The van der Waals surface area contributed by atoms with Crippen LogP contribution in [0.3, 0.4) is 0 Å². The largest absolute Gasteiger partial charge is 0.381 e. The van der Waals surface area contributed by atoms with Crippen LogP contribution >= 0.6 is 0 Å². The fraction of sp³-hybridized carbons (Fsp3) is 1.00. The van der Waals surface area contributed by atoms with Gasteiger partial charge in [0.25, 0.3) is 0 Å². The van der Waals surface area contributed by atoms with Gasteiger partial charge in [0.15, 0.2) is 0 Å². The Kier molecular flexibility index (Phi) is 33.1. The van der Waals surface area contributed by atoms with Crippen LogP contribution in [0, 0.1) is 0 Å². The first-order valence-electron chi connectivity index (χ1n) is 12.6. The molecule has 0 rings (SSSR count). The quantitative estimate of drug-likeness (QED) is 0.190. The number of nitrogens with two attached hydrogens (primary N) is 1. The Hall–Kier alpha value is -0.0800. The molecule has 2 nitrogen and oxygen atoms in total. The minimum atomic E-state index is 0.994. The summed E-state index contributed by atoms with van der Waals surface area (Å²) in [6.45, 7) is 6.57. The van der Waals surface area contributed by atoms with E-state index in [9.17, 15) is 0 Å². The summed E-state index contributed by atoms with van der Waals surface area (Å²) in [7, 11) is 1.50. The maximum absolute atomic E-state index is 5.78. The zero-order valence-electron chi connectivity index (χ0n) is 19.5. The molecule has 2 heteroatoms. The van der Waals surface area contributed by atoms with E-state index in [4.69, 9.17) is 4.74 Å². The molecule has 0 saturated carbocycles. The van der Waals surface area contributed by atoms with Crippen molar-refractivity contribution in [3.8, 4) is 0 Å². The van der Waals surface area contributed by atoms with Crippen LogP contribution < -0.4 is 5.73 Å². The smallest absolute Gasteiger partial charge is 0.0466 e. The summed E-state index contributed by atoms with van der Waals surface area (Å²) in [5.74, 6) is 0. The zero-order chi connectivity index (χ0) is 20.3. The normalized spacial score (nSPS) is 10.7. The van der Waals surface area contributed by atoms with E-state index in [1.807, 2.05) is 0 Å². The van der Waals surface area contributed by atoms with Gasteiger partial charge >= 0.3 is 0 Å². The molecule has 0 saturated heterocycles. The minimum absolute atomic E-state index is 0.994. The summed E-state index contributed by atoms with van der Waals surface area (Å²) < 4.78 is 5.78. The van der Waals surface area contributed by atoms with Crippen molar-refractivity contribution >= 4 is 0 Å². The Balaban J connectivity index is 0. The van der Waals surface area contributed by atoms with Gasteiger partial charge < -0.3 is 10.5 Å². The first kappa shape index (κ1) is 29.1. The van der Waals surface area contributed by atoms with Crippen molar-refractivity contribution in [2.45, 2.75) is 142 Å². The van der Waals surface area contributed by atoms with Gasteiger partial charge in [-0.15, -0.1) is 0 Å². The molecule has 0 radical (unpaired) electrons. The topological polar surface area (TPSA) is 35.2 Å². The molecule has 0 aliphatic rings. The van der Waals surface area contributed by atoms with Crippen LogP contribution in [0.15, 0.2) is 0 Å². The van der Waals surface area contributed by atoms with Gasteiger partial charge in [-0.05, 0) is 19.9 Å². The number of ether oxygens (including phenoxy) is 1. The average molecular weight is 386 g/mol. The van der Waals surface area contributed by atoms with E-state index in [0.717, 1.165) is 13.2 Å². The lowest BCUT2D eigenvalue weighted by atomic mass is 10.1. The van der Waals surface area contributed by atoms with E-state index in [1.165, 1.54) is 135 Å². The molecular weight excluding hydrogens is 330 g/mol. The minimum Gasteiger partial charge on any atom is -0.381 e. The van der Waals surface area contributed by atoms with Gasteiger partial charge in [0, 0.05) is 13.2 Å². The predicted molar refractivity (Wildman–Crippen MR) is 125 cm³/mol. The highest BCUT2D eigenvalue weighted by Crippen LogP contribution is 2.12. The highest BCUT2D eigenvalue weighted by molar-refractivity contribution is 4.49.